The minimum Gasteiger partial charge on any atom is -0.452 e. The van der Waals surface area contributed by atoms with E-state index in [1.165, 1.54) is 12.1 Å². The van der Waals surface area contributed by atoms with Crippen LogP contribution in [0.25, 0.3) is 0 Å². The molecule has 0 radical (unpaired) electrons. The number of hydrogen-bond acceptors (Lipinski definition) is 5. The number of halogens is 1. The van der Waals surface area contributed by atoms with Crippen molar-refractivity contribution in [2.24, 2.45) is 5.92 Å². The molecular formula is C16H19ClN2O5. The fraction of sp³-hybridized carbons (Fsp3) is 0.500. The van der Waals surface area contributed by atoms with E-state index >= 15 is 0 Å². The van der Waals surface area contributed by atoms with Gasteiger partial charge < -0.3 is 10.1 Å². The number of nitro groups is 1. The average Bonchev–Trinajstić information content (AvgIpc) is 2.55. The Morgan fingerprint density at radius 3 is 2.75 bits per heavy atom. The van der Waals surface area contributed by atoms with Crippen molar-refractivity contribution in [2.45, 2.75) is 38.6 Å². The Morgan fingerprint density at radius 2 is 2.08 bits per heavy atom. The summed E-state index contributed by atoms with van der Waals surface area (Å²) in [6, 6.07) is 3.56. The Labute approximate surface area is 144 Å². The summed E-state index contributed by atoms with van der Waals surface area (Å²) in [4.78, 5) is 34.0. The first-order chi connectivity index (χ1) is 11.4. The average molecular weight is 355 g/mol. The zero-order chi connectivity index (χ0) is 17.7. The lowest BCUT2D eigenvalue weighted by molar-refractivity contribution is -0.384. The fourth-order valence-electron chi connectivity index (χ4n) is 2.77. The molecule has 1 fully saturated rings. The van der Waals surface area contributed by atoms with E-state index in [0.29, 0.717) is 5.92 Å². The smallest absolute Gasteiger partial charge is 0.340 e. The summed E-state index contributed by atoms with van der Waals surface area (Å²) < 4.78 is 4.92. The predicted molar refractivity (Wildman–Crippen MR) is 88.0 cm³/mol. The molecule has 130 valence electrons. The SMILES string of the molecule is C[C@@H]1CCCC[C@@H]1NC(=O)COC(=O)c1cc([N+](=O)[O-])ccc1Cl. The van der Waals surface area contributed by atoms with Gasteiger partial charge in [-0.25, -0.2) is 4.79 Å². The third-order valence-electron chi connectivity index (χ3n) is 4.17. The van der Waals surface area contributed by atoms with E-state index in [1.807, 2.05) is 0 Å². The highest BCUT2D eigenvalue weighted by molar-refractivity contribution is 6.33. The molecule has 7 nitrogen and oxygen atoms in total. The van der Waals surface area contributed by atoms with Crippen LogP contribution < -0.4 is 5.32 Å². The van der Waals surface area contributed by atoms with E-state index < -0.39 is 17.5 Å². The standard InChI is InChI=1S/C16H19ClN2O5/c1-10-4-2-3-5-14(10)18-15(20)9-24-16(21)12-8-11(19(22)23)6-7-13(12)17/h6-8,10,14H,2-5,9H2,1H3,(H,18,20)/t10-,14+/m1/s1. The van der Waals surface area contributed by atoms with Crippen molar-refractivity contribution in [3.63, 3.8) is 0 Å². The maximum Gasteiger partial charge on any atom is 0.340 e. The molecule has 1 amide bonds. The van der Waals surface area contributed by atoms with Gasteiger partial charge in [-0.15, -0.1) is 0 Å². The summed E-state index contributed by atoms with van der Waals surface area (Å²) in [6.07, 6.45) is 4.21. The number of hydrogen-bond donors (Lipinski definition) is 1. The molecule has 0 aromatic heterocycles. The molecule has 1 aromatic carbocycles. The molecule has 0 spiro atoms. The van der Waals surface area contributed by atoms with Crippen LogP contribution in [0.1, 0.15) is 43.0 Å². The molecule has 1 N–H and O–H groups in total. The third kappa shape index (κ3) is 4.67. The molecule has 1 aliphatic carbocycles. The maximum atomic E-state index is 12.0. The Balaban J connectivity index is 1.91. The van der Waals surface area contributed by atoms with Crippen LogP contribution in [-0.2, 0) is 9.53 Å². The second kappa shape index (κ2) is 8.10. The van der Waals surface area contributed by atoms with Crippen LogP contribution in [0.15, 0.2) is 18.2 Å². The first kappa shape index (κ1) is 18.2. The van der Waals surface area contributed by atoms with Gasteiger partial charge in [0.05, 0.1) is 15.5 Å². The number of esters is 1. The summed E-state index contributed by atoms with van der Waals surface area (Å²) in [6.45, 7) is 1.64. The predicted octanol–water partition coefficient (Wildman–Crippen LogP) is 3.10. The number of amides is 1. The number of nitrogens with one attached hydrogen (secondary N) is 1. The van der Waals surface area contributed by atoms with Crippen LogP contribution in [0.3, 0.4) is 0 Å². The van der Waals surface area contributed by atoms with Crippen LogP contribution in [0.5, 0.6) is 0 Å². The first-order valence-corrected chi connectivity index (χ1v) is 8.16. The highest BCUT2D eigenvalue weighted by atomic mass is 35.5. The van der Waals surface area contributed by atoms with Gasteiger partial charge in [-0.1, -0.05) is 31.4 Å². The van der Waals surface area contributed by atoms with Gasteiger partial charge in [-0.2, -0.15) is 0 Å². The van der Waals surface area contributed by atoms with Crippen molar-refractivity contribution in [3.8, 4) is 0 Å². The van der Waals surface area contributed by atoms with Crippen molar-refractivity contribution in [3.05, 3.63) is 38.9 Å². The molecule has 0 heterocycles. The number of carbonyl (C=O) groups excluding carboxylic acids is 2. The molecule has 24 heavy (non-hydrogen) atoms. The molecule has 2 rings (SSSR count). The normalized spacial score (nSPS) is 20.2. The second-order valence-corrected chi connectivity index (χ2v) is 6.34. The quantitative estimate of drug-likeness (QED) is 0.497. The van der Waals surface area contributed by atoms with Gasteiger partial charge in [0.2, 0.25) is 0 Å². The van der Waals surface area contributed by atoms with E-state index in [1.54, 1.807) is 0 Å². The first-order valence-electron chi connectivity index (χ1n) is 7.79. The summed E-state index contributed by atoms with van der Waals surface area (Å²) in [5.74, 6) is -0.858. The molecule has 2 atom stereocenters. The molecule has 1 aliphatic rings. The summed E-state index contributed by atoms with van der Waals surface area (Å²) in [5, 5.41) is 13.6. The molecule has 0 saturated heterocycles. The number of ether oxygens (including phenoxy) is 1. The van der Waals surface area contributed by atoms with E-state index in [2.05, 4.69) is 12.2 Å². The zero-order valence-electron chi connectivity index (χ0n) is 13.3. The Hall–Kier alpha value is -2.15. The number of carbonyl (C=O) groups is 2. The number of rotatable bonds is 5. The highest BCUT2D eigenvalue weighted by Gasteiger charge is 2.24. The van der Waals surface area contributed by atoms with Crippen LogP contribution in [0.4, 0.5) is 5.69 Å². The zero-order valence-corrected chi connectivity index (χ0v) is 14.0. The van der Waals surface area contributed by atoms with Crippen molar-refractivity contribution in [2.75, 3.05) is 6.61 Å². The van der Waals surface area contributed by atoms with E-state index in [0.717, 1.165) is 31.7 Å². The van der Waals surface area contributed by atoms with Gasteiger partial charge >= 0.3 is 5.97 Å². The van der Waals surface area contributed by atoms with Crippen molar-refractivity contribution < 1.29 is 19.2 Å². The van der Waals surface area contributed by atoms with Crippen molar-refractivity contribution in [1.29, 1.82) is 0 Å². The molecule has 0 aliphatic heterocycles. The lowest BCUT2D eigenvalue weighted by Crippen LogP contribution is -2.42. The maximum absolute atomic E-state index is 12.0. The largest absolute Gasteiger partial charge is 0.452 e. The lowest BCUT2D eigenvalue weighted by Gasteiger charge is -2.29. The van der Waals surface area contributed by atoms with Crippen LogP contribution in [0.2, 0.25) is 5.02 Å². The van der Waals surface area contributed by atoms with Crippen LogP contribution in [-0.4, -0.2) is 29.4 Å². The monoisotopic (exact) mass is 354 g/mol. The fourth-order valence-corrected chi connectivity index (χ4v) is 2.97. The van der Waals surface area contributed by atoms with E-state index in [4.69, 9.17) is 16.3 Å². The van der Waals surface area contributed by atoms with Crippen LogP contribution in [0, 0.1) is 16.0 Å². The summed E-state index contributed by atoms with van der Waals surface area (Å²) >= 11 is 5.86. The second-order valence-electron chi connectivity index (χ2n) is 5.93. The van der Waals surface area contributed by atoms with Gasteiger partial charge in [0, 0.05) is 18.2 Å². The molecule has 8 heteroatoms. The van der Waals surface area contributed by atoms with Gasteiger partial charge in [0.15, 0.2) is 6.61 Å². The topological polar surface area (TPSA) is 98.5 Å². The summed E-state index contributed by atoms with van der Waals surface area (Å²) in [7, 11) is 0. The third-order valence-corrected chi connectivity index (χ3v) is 4.50. The Kier molecular flexibility index (Phi) is 6.14. The van der Waals surface area contributed by atoms with Gasteiger partial charge in [-0.05, 0) is 24.8 Å². The van der Waals surface area contributed by atoms with Crippen LogP contribution >= 0.6 is 11.6 Å². The van der Waals surface area contributed by atoms with E-state index in [-0.39, 0.29) is 28.2 Å². The van der Waals surface area contributed by atoms with Crippen molar-refractivity contribution in [1.82, 2.24) is 5.32 Å². The Bertz CT molecular complexity index is 649. The minimum atomic E-state index is -0.865. The number of benzene rings is 1. The molecule has 0 bridgehead atoms. The van der Waals surface area contributed by atoms with E-state index in [9.17, 15) is 19.7 Å². The highest BCUT2D eigenvalue weighted by Crippen LogP contribution is 2.24. The molecule has 1 aromatic rings. The lowest BCUT2D eigenvalue weighted by atomic mass is 9.86. The minimum absolute atomic E-state index is 0.0342. The van der Waals surface area contributed by atoms with Gasteiger partial charge in [-0.3, -0.25) is 14.9 Å². The van der Waals surface area contributed by atoms with Gasteiger partial charge in [0.1, 0.15) is 0 Å². The number of nitrogens with zero attached hydrogens (tertiary/aromatic N) is 1. The van der Waals surface area contributed by atoms with Gasteiger partial charge in [0.25, 0.3) is 11.6 Å². The molecular weight excluding hydrogens is 336 g/mol. The number of non-ortho nitro benzene ring substituents is 1. The Morgan fingerprint density at radius 1 is 1.38 bits per heavy atom. The summed E-state index contributed by atoms with van der Waals surface area (Å²) in [5.41, 5.74) is -0.406. The molecule has 1 saturated carbocycles. The van der Waals surface area contributed by atoms with Crippen molar-refractivity contribution >= 4 is 29.2 Å². The molecule has 0 unspecified atom stereocenters. The number of nitro benzene ring substituents is 1.